The fraction of sp³-hybridized carbons (Fsp3) is 0.364. The van der Waals surface area contributed by atoms with Crippen molar-refractivity contribution in [1.29, 1.82) is 0 Å². The predicted octanol–water partition coefficient (Wildman–Crippen LogP) is 2.37. The van der Waals surface area contributed by atoms with Crippen LogP contribution < -0.4 is 4.74 Å². The van der Waals surface area contributed by atoms with Crippen molar-refractivity contribution in [2.75, 3.05) is 6.61 Å². The highest BCUT2D eigenvalue weighted by atomic mass is 35.5. The number of rotatable bonds is 2. The maximum absolute atomic E-state index is 10.6. The van der Waals surface area contributed by atoms with E-state index in [9.17, 15) is 4.79 Å². The molecule has 1 heterocycles. The summed E-state index contributed by atoms with van der Waals surface area (Å²) >= 11 is 5.86. The Morgan fingerprint density at radius 1 is 1.60 bits per heavy atom. The highest BCUT2D eigenvalue weighted by Crippen LogP contribution is 2.30. The van der Waals surface area contributed by atoms with Crippen LogP contribution >= 0.6 is 11.6 Å². The lowest BCUT2D eigenvalue weighted by Gasteiger charge is -2.24. The predicted molar refractivity (Wildman–Crippen MR) is 56.4 cm³/mol. The van der Waals surface area contributed by atoms with E-state index >= 15 is 0 Å². The van der Waals surface area contributed by atoms with Gasteiger partial charge in [-0.1, -0.05) is 11.6 Å². The largest absolute Gasteiger partial charge is 0.493 e. The molecule has 0 radical (unpaired) electrons. The molecule has 0 aliphatic carbocycles. The molecule has 1 atom stereocenters. The number of benzene rings is 1. The van der Waals surface area contributed by atoms with Crippen LogP contribution in [0.5, 0.6) is 5.75 Å². The van der Waals surface area contributed by atoms with E-state index in [1.54, 1.807) is 6.07 Å². The zero-order valence-electron chi connectivity index (χ0n) is 8.07. The van der Waals surface area contributed by atoms with E-state index in [0.717, 1.165) is 17.7 Å². The van der Waals surface area contributed by atoms with Crippen LogP contribution in [0.4, 0.5) is 0 Å². The molecule has 1 aromatic carbocycles. The average Bonchev–Trinajstić information content (AvgIpc) is 2.16. The molecule has 0 fully saturated rings. The second-order valence-electron chi connectivity index (χ2n) is 3.73. The number of fused-ring (bicyclic) bond motifs is 1. The Labute approximate surface area is 92.6 Å². The van der Waals surface area contributed by atoms with Crippen molar-refractivity contribution in [2.45, 2.75) is 12.8 Å². The summed E-state index contributed by atoms with van der Waals surface area (Å²) in [4.78, 5) is 10.6. The topological polar surface area (TPSA) is 46.5 Å². The molecule has 1 aromatic rings. The molecule has 0 aromatic heterocycles. The molecule has 1 aliphatic rings. The summed E-state index contributed by atoms with van der Waals surface area (Å²) in [6, 6.07) is 5.44. The van der Waals surface area contributed by atoms with E-state index in [-0.39, 0.29) is 12.3 Å². The first kappa shape index (κ1) is 10.3. The maximum Gasteiger partial charge on any atom is 0.303 e. The minimum Gasteiger partial charge on any atom is -0.493 e. The lowest BCUT2D eigenvalue weighted by Crippen LogP contribution is -2.23. The van der Waals surface area contributed by atoms with Gasteiger partial charge in [-0.05, 0) is 30.2 Å². The molecule has 1 unspecified atom stereocenters. The van der Waals surface area contributed by atoms with Crippen LogP contribution in [-0.2, 0) is 11.2 Å². The Kier molecular flexibility index (Phi) is 2.82. The van der Waals surface area contributed by atoms with Crippen molar-refractivity contribution >= 4 is 17.6 Å². The maximum atomic E-state index is 10.6. The second kappa shape index (κ2) is 4.11. The van der Waals surface area contributed by atoms with Crippen molar-refractivity contribution in [3.05, 3.63) is 28.8 Å². The Morgan fingerprint density at radius 3 is 3.13 bits per heavy atom. The number of halogens is 1. The summed E-state index contributed by atoms with van der Waals surface area (Å²) < 4.78 is 5.47. The number of aliphatic carboxylic acids is 1. The van der Waals surface area contributed by atoms with Crippen molar-refractivity contribution < 1.29 is 14.6 Å². The van der Waals surface area contributed by atoms with Crippen LogP contribution in [0.15, 0.2) is 18.2 Å². The monoisotopic (exact) mass is 226 g/mol. The average molecular weight is 227 g/mol. The van der Waals surface area contributed by atoms with Crippen LogP contribution in [-0.4, -0.2) is 17.7 Å². The zero-order valence-corrected chi connectivity index (χ0v) is 8.83. The number of carboxylic acids is 1. The zero-order chi connectivity index (χ0) is 10.8. The highest BCUT2D eigenvalue weighted by Gasteiger charge is 2.22. The van der Waals surface area contributed by atoms with Crippen LogP contribution in [0.1, 0.15) is 12.0 Å². The fourth-order valence-corrected chi connectivity index (χ4v) is 2.00. The molecule has 0 saturated carbocycles. The van der Waals surface area contributed by atoms with Crippen LogP contribution in [0.2, 0.25) is 5.02 Å². The van der Waals surface area contributed by atoms with Crippen molar-refractivity contribution in [2.24, 2.45) is 5.92 Å². The van der Waals surface area contributed by atoms with Crippen LogP contribution in [0.3, 0.4) is 0 Å². The molecule has 4 heteroatoms. The van der Waals surface area contributed by atoms with E-state index in [2.05, 4.69) is 0 Å². The Bertz CT molecular complexity index is 389. The van der Waals surface area contributed by atoms with Crippen molar-refractivity contribution in [1.82, 2.24) is 0 Å². The normalized spacial score (nSPS) is 19.1. The van der Waals surface area contributed by atoms with E-state index in [1.165, 1.54) is 0 Å². The van der Waals surface area contributed by atoms with Crippen molar-refractivity contribution in [3.63, 3.8) is 0 Å². The highest BCUT2D eigenvalue weighted by molar-refractivity contribution is 6.30. The Morgan fingerprint density at radius 2 is 2.40 bits per heavy atom. The SMILES string of the molecule is O=C(O)CC1COc2ccc(Cl)cc2C1. The third-order valence-electron chi connectivity index (χ3n) is 2.47. The molecular weight excluding hydrogens is 216 g/mol. The standard InChI is InChI=1S/C11H11ClO3/c12-9-1-2-10-8(5-9)3-7(6-15-10)4-11(13)14/h1-2,5,7H,3-4,6H2,(H,13,14). The van der Waals surface area contributed by atoms with Gasteiger partial charge in [-0.15, -0.1) is 0 Å². The van der Waals surface area contributed by atoms with Gasteiger partial charge in [-0.2, -0.15) is 0 Å². The van der Waals surface area contributed by atoms with Gasteiger partial charge >= 0.3 is 5.97 Å². The molecule has 1 N–H and O–H groups in total. The summed E-state index contributed by atoms with van der Waals surface area (Å²) in [6.07, 6.45) is 0.869. The smallest absolute Gasteiger partial charge is 0.303 e. The number of carboxylic acid groups (broad SMARTS) is 1. The summed E-state index contributed by atoms with van der Waals surface area (Å²) in [5.41, 5.74) is 1.00. The molecular formula is C11H11ClO3. The molecule has 1 aliphatic heterocycles. The van der Waals surface area contributed by atoms with E-state index < -0.39 is 5.97 Å². The minimum atomic E-state index is -0.783. The van der Waals surface area contributed by atoms with Crippen LogP contribution in [0.25, 0.3) is 0 Å². The van der Waals surface area contributed by atoms with Gasteiger partial charge in [0.15, 0.2) is 0 Å². The number of hydrogen-bond acceptors (Lipinski definition) is 2. The lowest BCUT2D eigenvalue weighted by atomic mass is 9.94. The van der Waals surface area contributed by atoms with Gasteiger partial charge in [0, 0.05) is 10.9 Å². The summed E-state index contributed by atoms with van der Waals surface area (Å²) in [5.74, 6) is 0.0867. The quantitative estimate of drug-likeness (QED) is 0.842. The first-order chi connectivity index (χ1) is 7.15. The fourth-order valence-electron chi connectivity index (χ4n) is 1.80. The summed E-state index contributed by atoms with van der Waals surface area (Å²) in [6.45, 7) is 0.473. The summed E-state index contributed by atoms with van der Waals surface area (Å²) in [7, 11) is 0. The van der Waals surface area contributed by atoms with Crippen LogP contribution in [0, 0.1) is 5.92 Å². The molecule has 15 heavy (non-hydrogen) atoms. The molecule has 0 spiro atoms. The molecule has 0 saturated heterocycles. The molecule has 0 bridgehead atoms. The minimum absolute atomic E-state index is 0.0495. The molecule has 3 nitrogen and oxygen atoms in total. The number of ether oxygens (including phenoxy) is 1. The van der Waals surface area contributed by atoms with Gasteiger partial charge in [0.05, 0.1) is 13.0 Å². The molecule has 2 rings (SSSR count). The third-order valence-corrected chi connectivity index (χ3v) is 2.70. The van der Waals surface area contributed by atoms with E-state index in [4.69, 9.17) is 21.4 Å². The molecule has 0 amide bonds. The first-order valence-electron chi connectivity index (χ1n) is 4.78. The number of hydrogen-bond donors (Lipinski definition) is 1. The lowest BCUT2D eigenvalue weighted by molar-refractivity contribution is -0.138. The van der Waals surface area contributed by atoms with Gasteiger partial charge in [-0.25, -0.2) is 0 Å². The van der Waals surface area contributed by atoms with E-state index in [0.29, 0.717) is 11.6 Å². The first-order valence-corrected chi connectivity index (χ1v) is 5.16. The third kappa shape index (κ3) is 2.42. The van der Waals surface area contributed by atoms with E-state index in [1.807, 2.05) is 12.1 Å². The van der Waals surface area contributed by atoms with Gasteiger partial charge in [0.2, 0.25) is 0 Å². The Balaban J connectivity index is 2.14. The van der Waals surface area contributed by atoms with Gasteiger partial charge < -0.3 is 9.84 Å². The molecule has 80 valence electrons. The van der Waals surface area contributed by atoms with Crippen molar-refractivity contribution in [3.8, 4) is 5.75 Å². The summed E-state index contributed by atoms with van der Waals surface area (Å²) in [5, 5.41) is 9.35. The number of carbonyl (C=O) groups is 1. The van der Waals surface area contributed by atoms with Gasteiger partial charge in [0.25, 0.3) is 0 Å². The van der Waals surface area contributed by atoms with Gasteiger partial charge in [-0.3, -0.25) is 4.79 Å². The Hall–Kier alpha value is -1.22. The van der Waals surface area contributed by atoms with Gasteiger partial charge in [0.1, 0.15) is 5.75 Å². The second-order valence-corrected chi connectivity index (χ2v) is 4.17.